The number of fused-ring (bicyclic) bond motifs is 1. The lowest BCUT2D eigenvalue weighted by molar-refractivity contribution is -0.137. The van der Waals surface area contributed by atoms with E-state index in [9.17, 15) is 4.79 Å². The average Bonchev–Trinajstić information content (AvgIpc) is 3.39. The van der Waals surface area contributed by atoms with E-state index >= 15 is 0 Å². The van der Waals surface area contributed by atoms with Crippen LogP contribution in [0.5, 0.6) is 5.75 Å². The molecule has 1 atom stereocenters. The first-order valence-electron chi connectivity index (χ1n) is 8.87. The van der Waals surface area contributed by atoms with Crippen LogP contribution in [-0.4, -0.2) is 34.1 Å². The third-order valence-corrected chi connectivity index (χ3v) is 5.23. The Balaban J connectivity index is 1.43. The van der Waals surface area contributed by atoms with Gasteiger partial charge in [-0.25, -0.2) is 0 Å². The van der Waals surface area contributed by atoms with Crippen molar-refractivity contribution in [3.05, 3.63) is 65.9 Å². The molecule has 0 saturated heterocycles. The van der Waals surface area contributed by atoms with Crippen LogP contribution >= 0.6 is 11.3 Å². The number of amides is 1. The summed E-state index contributed by atoms with van der Waals surface area (Å²) in [6.45, 7) is 1.96. The molecule has 0 radical (unpaired) electrons. The number of hydrogen-bond donors (Lipinski definition) is 0. The minimum Gasteiger partial charge on any atom is -0.480 e. The quantitative estimate of drug-likeness (QED) is 0.486. The highest BCUT2D eigenvalue weighted by Crippen LogP contribution is 2.26. The molecule has 7 heteroatoms. The van der Waals surface area contributed by atoms with Crippen molar-refractivity contribution in [2.75, 3.05) is 7.05 Å². The number of ether oxygens (including phenoxy) is 1. The molecule has 2 aromatic heterocycles. The Morgan fingerprint density at radius 3 is 2.82 bits per heavy atom. The number of carbonyl (C=O) groups excluding carboxylic acids is 1. The van der Waals surface area contributed by atoms with E-state index in [0.717, 1.165) is 15.6 Å². The van der Waals surface area contributed by atoms with Crippen molar-refractivity contribution < 1.29 is 14.1 Å². The van der Waals surface area contributed by atoms with E-state index in [2.05, 4.69) is 10.1 Å². The van der Waals surface area contributed by atoms with Crippen LogP contribution in [0, 0.1) is 0 Å². The minimum atomic E-state index is -0.643. The molecule has 0 bridgehead atoms. The summed E-state index contributed by atoms with van der Waals surface area (Å²) >= 11 is 1.54. The molecule has 4 rings (SSSR count). The third kappa shape index (κ3) is 3.75. The SMILES string of the molecule is C[C@@H](Oc1cccc2ccccc12)C(=O)N(C)Cc1nc(-c2cccs2)no1. The molecular weight excluding hydrogens is 374 g/mol. The summed E-state index contributed by atoms with van der Waals surface area (Å²) in [6.07, 6.45) is -0.643. The maximum Gasteiger partial charge on any atom is 0.263 e. The van der Waals surface area contributed by atoms with Crippen LogP contribution in [0.15, 0.2) is 64.5 Å². The van der Waals surface area contributed by atoms with Crippen molar-refractivity contribution in [2.24, 2.45) is 0 Å². The molecule has 0 fully saturated rings. The maximum absolute atomic E-state index is 12.7. The number of aromatic nitrogens is 2. The van der Waals surface area contributed by atoms with Gasteiger partial charge in [-0.2, -0.15) is 4.98 Å². The van der Waals surface area contributed by atoms with E-state index in [1.54, 1.807) is 14.0 Å². The van der Waals surface area contributed by atoms with Crippen LogP contribution in [0.1, 0.15) is 12.8 Å². The number of likely N-dealkylation sites (N-methyl/N-ethyl adjacent to an activating group) is 1. The topological polar surface area (TPSA) is 68.5 Å². The molecule has 0 N–H and O–H groups in total. The highest BCUT2D eigenvalue weighted by Gasteiger charge is 2.22. The Hall–Kier alpha value is -3.19. The number of nitrogens with zero attached hydrogens (tertiary/aromatic N) is 3. The predicted octanol–water partition coefficient (Wildman–Crippen LogP) is 4.38. The summed E-state index contributed by atoms with van der Waals surface area (Å²) in [5.41, 5.74) is 0. The van der Waals surface area contributed by atoms with Crippen molar-refractivity contribution in [1.82, 2.24) is 15.0 Å². The van der Waals surface area contributed by atoms with Crippen molar-refractivity contribution in [3.8, 4) is 16.5 Å². The van der Waals surface area contributed by atoms with Crippen molar-refractivity contribution in [3.63, 3.8) is 0 Å². The minimum absolute atomic E-state index is 0.163. The van der Waals surface area contributed by atoms with E-state index in [1.165, 1.54) is 16.2 Å². The van der Waals surface area contributed by atoms with E-state index in [-0.39, 0.29) is 12.5 Å². The average molecular weight is 393 g/mol. The fourth-order valence-corrected chi connectivity index (χ4v) is 3.60. The summed E-state index contributed by atoms with van der Waals surface area (Å²) < 4.78 is 11.2. The van der Waals surface area contributed by atoms with Gasteiger partial charge in [0.15, 0.2) is 6.10 Å². The van der Waals surface area contributed by atoms with Gasteiger partial charge < -0.3 is 14.2 Å². The standard InChI is InChI=1S/C21H19N3O3S/c1-14(26-17-10-5-8-15-7-3-4-9-16(15)17)21(25)24(2)13-19-22-20(23-27-19)18-11-6-12-28-18/h3-12,14H,13H2,1-2H3/t14-/m1/s1. The highest BCUT2D eigenvalue weighted by molar-refractivity contribution is 7.13. The van der Waals surface area contributed by atoms with Gasteiger partial charge in [0.2, 0.25) is 11.7 Å². The Kier molecular flexibility index (Phi) is 5.08. The second-order valence-electron chi connectivity index (χ2n) is 6.42. The predicted molar refractivity (Wildman–Crippen MR) is 108 cm³/mol. The van der Waals surface area contributed by atoms with E-state index in [0.29, 0.717) is 17.5 Å². The first-order valence-corrected chi connectivity index (χ1v) is 9.75. The number of carbonyl (C=O) groups is 1. The normalized spacial score (nSPS) is 12.1. The van der Waals surface area contributed by atoms with Crippen molar-refractivity contribution in [2.45, 2.75) is 19.6 Å². The van der Waals surface area contributed by atoms with Gasteiger partial charge in [0.05, 0.1) is 11.4 Å². The van der Waals surface area contributed by atoms with Crippen molar-refractivity contribution >= 4 is 28.0 Å². The van der Waals surface area contributed by atoms with Crippen LogP contribution in [0.25, 0.3) is 21.5 Å². The van der Waals surface area contributed by atoms with Crippen LogP contribution in [0.4, 0.5) is 0 Å². The number of rotatable bonds is 6. The number of benzene rings is 2. The molecule has 0 aliphatic carbocycles. The fourth-order valence-electron chi connectivity index (χ4n) is 2.96. The van der Waals surface area contributed by atoms with E-state index < -0.39 is 6.10 Å². The lowest BCUT2D eigenvalue weighted by Crippen LogP contribution is -2.37. The Morgan fingerprint density at radius 1 is 1.18 bits per heavy atom. The van der Waals surface area contributed by atoms with E-state index in [4.69, 9.17) is 9.26 Å². The molecule has 4 aromatic rings. The molecule has 0 aliphatic rings. The zero-order chi connectivity index (χ0) is 19.5. The van der Waals surface area contributed by atoms with Gasteiger partial charge in [-0.15, -0.1) is 11.3 Å². The summed E-state index contributed by atoms with van der Waals surface area (Å²) in [7, 11) is 1.69. The zero-order valence-corrected chi connectivity index (χ0v) is 16.3. The molecule has 0 unspecified atom stereocenters. The number of hydrogen-bond acceptors (Lipinski definition) is 6. The van der Waals surface area contributed by atoms with Crippen LogP contribution < -0.4 is 4.74 Å². The first kappa shape index (κ1) is 18.2. The largest absolute Gasteiger partial charge is 0.480 e. The van der Waals surface area contributed by atoms with Gasteiger partial charge in [0.25, 0.3) is 5.91 Å². The Bertz CT molecular complexity index is 1090. The first-order chi connectivity index (χ1) is 13.6. The summed E-state index contributed by atoms with van der Waals surface area (Å²) in [6, 6.07) is 17.6. The molecule has 2 aromatic carbocycles. The molecule has 6 nitrogen and oxygen atoms in total. The van der Waals surface area contributed by atoms with E-state index in [1.807, 2.05) is 60.0 Å². The van der Waals surface area contributed by atoms with Gasteiger partial charge in [0.1, 0.15) is 5.75 Å². The molecule has 28 heavy (non-hydrogen) atoms. The molecular formula is C21H19N3O3S. The molecule has 0 spiro atoms. The summed E-state index contributed by atoms with van der Waals surface area (Å²) in [5.74, 6) is 1.44. The van der Waals surface area contributed by atoms with Crippen LogP contribution in [0.3, 0.4) is 0 Å². The highest BCUT2D eigenvalue weighted by atomic mass is 32.1. The lowest BCUT2D eigenvalue weighted by Gasteiger charge is -2.21. The van der Waals surface area contributed by atoms with Crippen LogP contribution in [0.2, 0.25) is 0 Å². The van der Waals surface area contributed by atoms with Gasteiger partial charge in [-0.3, -0.25) is 4.79 Å². The molecule has 0 saturated carbocycles. The summed E-state index contributed by atoms with van der Waals surface area (Å²) in [4.78, 5) is 19.6. The smallest absolute Gasteiger partial charge is 0.263 e. The van der Waals surface area contributed by atoms with Crippen LogP contribution in [-0.2, 0) is 11.3 Å². The zero-order valence-electron chi connectivity index (χ0n) is 15.5. The second-order valence-corrected chi connectivity index (χ2v) is 7.37. The van der Waals surface area contributed by atoms with Gasteiger partial charge in [-0.1, -0.05) is 47.6 Å². The summed E-state index contributed by atoms with van der Waals surface area (Å²) in [5, 5.41) is 7.97. The second kappa shape index (κ2) is 7.82. The van der Waals surface area contributed by atoms with Gasteiger partial charge in [-0.05, 0) is 29.8 Å². The number of thiophene rings is 1. The molecule has 142 valence electrons. The Labute approximate surface area is 166 Å². The van der Waals surface area contributed by atoms with Crippen molar-refractivity contribution in [1.29, 1.82) is 0 Å². The third-order valence-electron chi connectivity index (χ3n) is 4.36. The van der Waals surface area contributed by atoms with Gasteiger partial charge in [0, 0.05) is 12.4 Å². The monoisotopic (exact) mass is 393 g/mol. The molecule has 2 heterocycles. The maximum atomic E-state index is 12.7. The fraction of sp³-hybridized carbons (Fsp3) is 0.190. The van der Waals surface area contributed by atoms with Gasteiger partial charge >= 0.3 is 0 Å². The molecule has 0 aliphatic heterocycles. The lowest BCUT2D eigenvalue weighted by atomic mass is 10.1. The molecule has 1 amide bonds. The Morgan fingerprint density at radius 2 is 2.00 bits per heavy atom.